The van der Waals surface area contributed by atoms with Gasteiger partial charge in [0.15, 0.2) is 5.76 Å². The van der Waals surface area contributed by atoms with Gasteiger partial charge in [-0.05, 0) is 30.7 Å². The fourth-order valence-corrected chi connectivity index (χ4v) is 2.21. The Bertz CT molecular complexity index is 508. The number of nitrogens with one attached hydrogen (secondary N) is 1. The number of rotatable bonds is 3. The molecule has 2 rings (SSSR count). The van der Waals surface area contributed by atoms with E-state index in [1.807, 2.05) is 31.2 Å². The Morgan fingerprint density at radius 3 is 2.71 bits per heavy atom. The topological polar surface area (TPSA) is 42.2 Å². The first-order chi connectivity index (χ1) is 8.18. The van der Waals surface area contributed by atoms with Crippen molar-refractivity contribution >= 4 is 21.8 Å². The van der Waals surface area contributed by atoms with Gasteiger partial charge in [-0.3, -0.25) is 4.79 Å². The second kappa shape index (κ2) is 5.19. The Balaban J connectivity index is 2.10. The van der Waals surface area contributed by atoms with Gasteiger partial charge in [-0.1, -0.05) is 34.1 Å². The fraction of sp³-hybridized carbons (Fsp3) is 0.154. The van der Waals surface area contributed by atoms with Gasteiger partial charge in [0.1, 0.15) is 0 Å². The van der Waals surface area contributed by atoms with Crippen molar-refractivity contribution in [3.63, 3.8) is 0 Å². The first-order valence-electron chi connectivity index (χ1n) is 5.27. The van der Waals surface area contributed by atoms with Crippen LogP contribution in [0.25, 0.3) is 0 Å². The van der Waals surface area contributed by atoms with Crippen LogP contribution in [0.3, 0.4) is 0 Å². The summed E-state index contributed by atoms with van der Waals surface area (Å²) in [5.41, 5.74) is 1.03. The summed E-state index contributed by atoms with van der Waals surface area (Å²) in [6, 6.07) is 11.1. The molecule has 0 radical (unpaired) electrons. The molecule has 0 unspecified atom stereocenters. The number of amides is 1. The lowest BCUT2D eigenvalue weighted by Crippen LogP contribution is -2.26. The van der Waals surface area contributed by atoms with Gasteiger partial charge in [0.25, 0.3) is 5.91 Å². The summed E-state index contributed by atoms with van der Waals surface area (Å²) in [7, 11) is 0. The average Bonchev–Trinajstić information content (AvgIpc) is 2.82. The average molecular weight is 294 g/mol. The van der Waals surface area contributed by atoms with Crippen LogP contribution in [0.4, 0.5) is 0 Å². The summed E-state index contributed by atoms with van der Waals surface area (Å²) in [5, 5.41) is 2.88. The summed E-state index contributed by atoms with van der Waals surface area (Å²) in [6.45, 7) is 1.93. The van der Waals surface area contributed by atoms with E-state index >= 15 is 0 Å². The molecule has 0 fully saturated rings. The number of carbonyl (C=O) groups is 1. The van der Waals surface area contributed by atoms with Gasteiger partial charge >= 0.3 is 0 Å². The first kappa shape index (κ1) is 11.9. The smallest absolute Gasteiger partial charge is 0.287 e. The van der Waals surface area contributed by atoms with Crippen LogP contribution in [0.2, 0.25) is 0 Å². The van der Waals surface area contributed by atoms with E-state index in [4.69, 9.17) is 4.42 Å². The van der Waals surface area contributed by atoms with Gasteiger partial charge in [0.05, 0.1) is 12.3 Å². The molecule has 0 aliphatic heterocycles. The fourth-order valence-electron chi connectivity index (χ4n) is 1.58. The maximum atomic E-state index is 11.8. The zero-order valence-electron chi connectivity index (χ0n) is 9.31. The lowest BCUT2D eigenvalue weighted by atomic mass is 10.1. The van der Waals surface area contributed by atoms with Crippen LogP contribution >= 0.6 is 15.9 Å². The minimum atomic E-state index is -0.210. The normalized spacial score (nSPS) is 12.1. The summed E-state index contributed by atoms with van der Waals surface area (Å²) < 4.78 is 6.02. The molecular formula is C13H12BrNO2. The highest BCUT2D eigenvalue weighted by Gasteiger charge is 2.14. The molecule has 2 aromatic rings. The lowest BCUT2D eigenvalue weighted by molar-refractivity contribution is 0.0912. The van der Waals surface area contributed by atoms with E-state index in [2.05, 4.69) is 21.2 Å². The van der Waals surface area contributed by atoms with Gasteiger partial charge in [-0.2, -0.15) is 0 Å². The molecular weight excluding hydrogens is 282 g/mol. The van der Waals surface area contributed by atoms with Crippen molar-refractivity contribution in [1.29, 1.82) is 0 Å². The highest BCUT2D eigenvalue weighted by molar-refractivity contribution is 9.10. The standard InChI is InChI=1S/C13H12BrNO2/c1-9(10-5-2-3-6-11(10)14)15-13(16)12-7-4-8-17-12/h2-9H,1H3,(H,15,16)/t9-/m1/s1. The Labute approximate surface area is 108 Å². The highest BCUT2D eigenvalue weighted by atomic mass is 79.9. The van der Waals surface area contributed by atoms with Crippen molar-refractivity contribution in [1.82, 2.24) is 5.32 Å². The van der Waals surface area contributed by atoms with E-state index in [0.29, 0.717) is 5.76 Å². The number of carbonyl (C=O) groups excluding carboxylic acids is 1. The molecule has 1 atom stereocenters. The van der Waals surface area contributed by atoms with Gasteiger partial charge in [-0.15, -0.1) is 0 Å². The van der Waals surface area contributed by atoms with Crippen molar-refractivity contribution in [2.75, 3.05) is 0 Å². The molecule has 0 saturated heterocycles. The molecule has 17 heavy (non-hydrogen) atoms. The number of hydrogen-bond donors (Lipinski definition) is 1. The SMILES string of the molecule is C[C@@H](NC(=O)c1ccco1)c1ccccc1Br. The molecule has 4 heteroatoms. The molecule has 0 spiro atoms. The second-order valence-corrected chi connectivity index (χ2v) is 4.55. The molecule has 1 amide bonds. The van der Waals surface area contributed by atoms with E-state index < -0.39 is 0 Å². The Morgan fingerprint density at radius 2 is 2.06 bits per heavy atom. The maximum Gasteiger partial charge on any atom is 0.287 e. The van der Waals surface area contributed by atoms with Crippen molar-refractivity contribution in [2.24, 2.45) is 0 Å². The molecule has 1 aromatic heterocycles. The van der Waals surface area contributed by atoms with Crippen molar-refractivity contribution < 1.29 is 9.21 Å². The third-order valence-corrected chi connectivity index (χ3v) is 3.19. The summed E-state index contributed by atoms with van der Waals surface area (Å²) in [6.07, 6.45) is 1.48. The monoisotopic (exact) mass is 293 g/mol. The highest BCUT2D eigenvalue weighted by Crippen LogP contribution is 2.22. The maximum absolute atomic E-state index is 11.8. The van der Waals surface area contributed by atoms with Crippen LogP contribution in [0, 0.1) is 0 Å². The van der Waals surface area contributed by atoms with Gasteiger partial charge < -0.3 is 9.73 Å². The summed E-state index contributed by atoms with van der Waals surface area (Å²) in [4.78, 5) is 11.8. The molecule has 0 aliphatic carbocycles. The molecule has 1 aromatic carbocycles. The second-order valence-electron chi connectivity index (χ2n) is 3.69. The van der Waals surface area contributed by atoms with E-state index in [9.17, 15) is 4.79 Å². The number of furan rings is 1. The van der Waals surface area contributed by atoms with E-state index in [0.717, 1.165) is 10.0 Å². The molecule has 3 nitrogen and oxygen atoms in total. The summed E-state index contributed by atoms with van der Waals surface area (Å²) >= 11 is 3.46. The van der Waals surface area contributed by atoms with Crippen LogP contribution in [-0.2, 0) is 0 Å². The van der Waals surface area contributed by atoms with E-state index in [-0.39, 0.29) is 11.9 Å². The minimum Gasteiger partial charge on any atom is -0.459 e. The zero-order valence-corrected chi connectivity index (χ0v) is 10.9. The van der Waals surface area contributed by atoms with Crippen LogP contribution in [-0.4, -0.2) is 5.91 Å². The zero-order chi connectivity index (χ0) is 12.3. The Morgan fingerprint density at radius 1 is 1.29 bits per heavy atom. The molecule has 1 N–H and O–H groups in total. The van der Waals surface area contributed by atoms with Crippen molar-refractivity contribution in [3.8, 4) is 0 Å². The molecule has 0 saturated carbocycles. The van der Waals surface area contributed by atoms with Crippen LogP contribution in [0.5, 0.6) is 0 Å². The molecule has 88 valence electrons. The lowest BCUT2D eigenvalue weighted by Gasteiger charge is -2.14. The van der Waals surface area contributed by atoms with E-state index in [1.165, 1.54) is 6.26 Å². The van der Waals surface area contributed by atoms with Gasteiger partial charge in [0.2, 0.25) is 0 Å². The number of halogens is 1. The Kier molecular flexibility index (Phi) is 3.64. The van der Waals surface area contributed by atoms with Crippen molar-refractivity contribution in [3.05, 3.63) is 58.5 Å². The van der Waals surface area contributed by atoms with Crippen LogP contribution in [0.1, 0.15) is 29.1 Å². The quantitative estimate of drug-likeness (QED) is 0.941. The third kappa shape index (κ3) is 2.77. The predicted octanol–water partition coefficient (Wildman–Crippen LogP) is 3.53. The predicted molar refractivity (Wildman–Crippen MR) is 68.7 cm³/mol. The van der Waals surface area contributed by atoms with Gasteiger partial charge in [-0.25, -0.2) is 0 Å². The number of hydrogen-bond acceptors (Lipinski definition) is 2. The van der Waals surface area contributed by atoms with Gasteiger partial charge in [0, 0.05) is 4.47 Å². The minimum absolute atomic E-state index is 0.0804. The van der Waals surface area contributed by atoms with Crippen molar-refractivity contribution in [2.45, 2.75) is 13.0 Å². The van der Waals surface area contributed by atoms with Crippen LogP contribution < -0.4 is 5.32 Å². The molecule has 0 bridgehead atoms. The molecule has 0 aliphatic rings. The third-order valence-electron chi connectivity index (χ3n) is 2.46. The van der Waals surface area contributed by atoms with E-state index in [1.54, 1.807) is 12.1 Å². The largest absolute Gasteiger partial charge is 0.459 e. The first-order valence-corrected chi connectivity index (χ1v) is 6.06. The Hall–Kier alpha value is -1.55. The van der Waals surface area contributed by atoms with Crippen LogP contribution in [0.15, 0.2) is 51.6 Å². The molecule has 1 heterocycles. The summed E-state index contributed by atoms with van der Waals surface area (Å²) in [5.74, 6) is 0.113. The number of benzene rings is 1.